The number of benzene rings is 2. The number of H-pyrrole nitrogens is 1. The second-order valence-corrected chi connectivity index (χ2v) is 8.88. The minimum absolute atomic E-state index is 0.0251. The summed E-state index contributed by atoms with van der Waals surface area (Å²) in [6.45, 7) is 0. The first kappa shape index (κ1) is 22.7. The predicted octanol–water partition coefficient (Wildman–Crippen LogP) is 6.01. The minimum atomic E-state index is -4.85. The van der Waals surface area contributed by atoms with Crippen LogP contribution in [0, 0.1) is 5.92 Å². The molecule has 2 N–H and O–H groups in total. The first-order valence-corrected chi connectivity index (χ1v) is 11.0. The summed E-state index contributed by atoms with van der Waals surface area (Å²) in [6.07, 6.45) is -2.40. The van der Waals surface area contributed by atoms with Gasteiger partial charge in [0.15, 0.2) is 0 Å². The molecule has 32 heavy (non-hydrogen) atoms. The molecule has 1 aliphatic carbocycles. The second kappa shape index (κ2) is 8.82. The number of carbonyl (C=O) groups excluding carboxylic acids is 1. The zero-order valence-corrected chi connectivity index (χ0v) is 18.9. The topological polar surface area (TPSA) is 76.1 Å². The molecule has 1 aromatic heterocycles. The minimum Gasteiger partial charge on any atom is -0.404 e. The Hall–Kier alpha value is -2.46. The van der Waals surface area contributed by atoms with E-state index in [0.717, 1.165) is 21.6 Å². The van der Waals surface area contributed by atoms with Gasteiger partial charge in [0.05, 0.1) is 16.1 Å². The highest BCUT2D eigenvalue weighted by atomic mass is 79.9. The van der Waals surface area contributed by atoms with Gasteiger partial charge in [0, 0.05) is 22.1 Å². The maximum absolute atomic E-state index is 12.7. The van der Waals surface area contributed by atoms with Crippen molar-refractivity contribution < 1.29 is 22.7 Å². The first-order valence-electron chi connectivity index (χ1n) is 9.87. The smallest absolute Gasteiger partial charge is 0.404 e. The summed E-state index contributed by atoms with van der Waals surface area (Å²) in [6, 6.07) is 9.16. The quantitative estimate of drug-likeness (QED) is 0.432. The van der Waals surface area contributed by atoms with Gasteiger partial charge in [0.2, 0.25) is 5.91 Å². The summed E-state index contributed by atoms with van der Waals surface area (Å²) < 4.78 is 43.5. The van der Waals surface area contributed by atoms with E-state index in [2.05, 4.69) is 31.0 Å². The number of aromatic amines is 1. The Kier molecular flexibility index (Phi) is 6.26. The number of nitrogens with one attached hydrogen (secondary N) is 2. The molecular formula is C21H18BrClF3N3O3. The van der Waals surface area contributed by atoms with Crippen LogP contribution in [-0.2, 0) is 4.79 Å². The lowest BCUT2D eigenvalue weighted by Gasteiger charge is -2.28. The summed E-state index contributed by atoms with van der Waals surface area (Å²) >= 11 is 9.28. The van der Waals surface area contributed by atoms with Gasteiger partial charge in [-0.05, 0) is 71.9 Å². The highest BCUT2D eigenvalue weighted by Crippen LogP contribution is 2.36. The maximum atomic E-state index is 12.7. The van der Waals surface area contributed by atoms with Crippen molar-refractivity contribution in [2.45, 2.75) is 38.1 Å². The van der Waals surface area contributed by atoms with Gasteiger partial charge in [-0.3, -0.25) is 9.36 Å². The van der Waals surface area contributed by atoms with Crippen molar-refractivity contribution in [3.63, 3.8) is 0 Å². The standard InChI is InChI=1S/C21H18BrClF3N3O3/c22-14-2-1-3-16-18(14)28-20(31)29(16)13-7-4-11(5-8-13)19(30)27-12-6-9-17(15(23)10-12)32-21(24,25)26/h1-3,6,9-11,13H,4-5,7-8H2,(H,27,30)(H,28,31). The Labute approximate surface area is 193 Å². The van der Waals surface area contributed by atoms with Gasteiger partial charge in [0.25, 0.3) is 0 Å². The average molecular weight is 533 g/mol. The molecule has 170 valence electrons. The molecule has 3 aromatic rings. The van der Waals surface area contributed by atoms with E-state index in [9.17, 15) is 22.8 Å². The molecule has 4 rings (SSSR count). The fraction of sp³-hybridized carbons (Fsp3) is 0.333. The Bertz CT molecular complexity index is 1220. The largest absolute Gasteiger partial charge is 0.573 e. The average Bonchev–Trinajstić information content (AvgIpc) is 3.06. The van der Waals surface area contributed by atoms with Crippen LogP contribution in [0.15, 0.2) is 45.7 Å². The van der Waals surface area contributed by atoms with Crippen molar-refractivity contribution in [3.05, 3.63) is 56.4 Å². The molecule has 1 heterocycles. The van der Waals surface area contributed by atoms with E-state index >= 15 is 0 Å². The number of para-hydroxylation sites is 1. The normalized spacial score (nSPS) is 19.2. The van der Waals surface area contributed by atoms with Gasteiger partial charge in [-0.15, -0.1) is 13.2 Å². The Morgan fingerprint density at radius 2 is 1.91 bits per heavy atom. The molecule has 1 fully saturated rings. The molecule has 0 atom stereocenters. The molecule has 0 bridgehead atoms. The van der Waals surface area contributed by atoms with E-state index in [1.807, 2.05) is 18.2 Å². The monoisotopic (exact) mass is 531 g/mol. The summed E-state index contributed by atoms with van der Waals surface area (Å²) in [5.41, 5.74) is 1.66. The van der Waals surface area contributed by atoms with E-state index in [1.54, 1.807) is 4.57 Å². The highest BCUT2D eigenvalue weighted by Gasteiger charge is 2.32. The Morgan fingerprint density at radius 1 is 1.19 bits per heavy atom. The zero-order valence-electron chi connectivity index (χ0n) is 16.5. The first-order chi connectivity index (χ1) is 15.1. The number of rotatable bonds is 4. The van der Waals surface area contributed by atoms with E-state index in [1.165, 1.54) is 12.1 Å². The fourth-order valence-electron chi connectivity index (χ4n) is 4.10. The molecule has 0 saturated heterocycles. The molecule has 2 aromatic carbocycles. The molecule has 1 aliphatic rings. The number of nitrogens with zero attached hydrogens (tertiary/aromatic N) is 1. The van der Waals surface area contributed by atoms with Gasteiger partial charge < -0.3 is 15.0 Å². The number of aromatic nitrogens is 2. The molecule has 1 saturated carbocycles. The van der Waals surface area contributed by atoms with Crippen molar-refractivity contribution in [3.8, 4) is 5.75 Å². The summed E-state index contributed by atoms with van der Waals surface area (Å²) in [5.74, 6) is -1.05. The number of fused-ring (bicyclic) bond motifs is 1. The lowest BCUT2D eigenvalue weighted by molar-refractivity contribution is -0.274. The van der Waals surface area contributed by atoms with Gasteiger partial charge in [-0.25, -0.2) is 4.79 Å². The zero-order chi connectivity index (χ0) is 23.0. The highest BCUT2D eigenvalue weighted by molar-refractivity contribution is 9.10. The molecule has 0 radical (unpaired) electrons. The van der Waals surface area contributed by atoms with Crippen molar-refractivity contribution in [1.29, 1.82) is 0 Å². The third-order valence-corrected chi connectivity index (χ3v) is 6.52. The van der Waals surface area contributed by atoms with Crippen LogP contribution in [0.25, 0.3) is 11.0 Å². The summed E-state index contributed by atoms with van der Waals surface area (Å²) in [7, 11) is 0. The lowest BCUT2D eigenvalue weighted by atomic mass is 9.85. The maximum Gasteiger partial charge on any atom is 0.573 e. The lowest BCUT2D eigenvalue weighted by Crippen LogP contribution is -2.31. The summed E-state index contributed by atoms with van der Waals surface area (Å²) in [4.78, 5) is 28.0. The number of hydrogen-bond acceptors (Lipinski definition) is 3. The predicted molar refractivity (Wildman–Crippen MR) is 118 cm³/mol. The number of ether oxygens (including phenoxy) is 1. The molecule has 0 spiro atoms. The number of imidazole rings is 1. The second-order valence-electron chi connectivity index (χ2n) is 7.62. The molecule has 0 unspecified atom stereocenters. The molecule has 1 amide bonds. The number of alkyl halides is 3. The van der Waals surface area contributed by atoms with Crippen LogP contribution in [0.2, 0.25) is 5.02 Å². The number of amides is 1. The van der Waals surface area contributed by atoms with Crippen molar-refractivity contribution in [1.82, 2.24) is 9.55 Å². The molecule has 6 nitrogen and oxygen atoms in total. The Morgan fingerprint density at radius 3 is 2.56 bits per heavy atom. The number of anilines is 1. The van der Waals surface area contributed by atoms with E-state index in [4.69, 9.17) is 11.6 Å². The third-order valence-electron chi connectivity index (χ3n) is 5.56. The van der Waals surface area contributed by atoms with Crippen LogP contribution in [0.1, 0.15) is 31.7 Å². The van der Waals surface area contributed by atoms with Crippen LogP contribution in [-0.4, -0.2) is 21.8 Å². The fourth-order valence-corrected chi connectivity index (χ4v) is 4.78. The van der Waals surface area contributed by atoms with Crippen LogP contribution in [0.3, 0.4) is 0 Å². The van der Waals surface area contributed by atoms with Gasteiger partial charge in [-0.1, -0.05) is 17.7 Å². The summed E-state index contributed by atoms with van der Waals surface area (Å²) in [5, 5.41) is 2.44. The van der Waals surface area contributed by atoms with Gasteiger partial charge in [-0.2, -0.15) is 0 Å². The van der Waals surface area contributed by atoms with Crippen LogP contribution in [0.4, 0.5) is 18.9 Å². The van der Waals surface area contributed by atoms with Crippen molar-refractivity contribution >= 4 is 50.2 Å². The molecular weight excluding hydrogens is 515 g/mol. The third kappa shape index (κ3) is 4.80. The van der Waals surface area contributed by atoms with Gasteiger partial charge >= 0.3 is 12.1 Å². The van der Waals surface area contributed by atoms with Crippen LogP contribution < -0.4 is 15.7 Å². The number of halogens is 5. The Balaban J connectivity index is 1.40. The van der Waals surface area contributed by atoms with Gasteiger partial charge in [0.1, 0.15) is 5.75 Å². The van der Waals surface area contributed by atoms with E-state index in [0.29, 0.717) is 25.7 Å². The molecule has 11 heteroatoms. The van der Waals surface area contributed by atoms with Crippen molar-refractivity contribution in [2.75, 3.05) is 5.32 Å². The SMILES string of the molecule is O=C(Nc1ccc(OC(F)(F)F)c(Cl)c1)C1CCC(n2c(=O)[nH]c3c(Br)cccc32)CC1. The molecule has 0 aliphatic heterocycles. The van der Waals surface area contributed by atoms with Crippen molar-refractivity contribution in [2.24, 2.45) is 5.92 Å². The van der Waals surface area contributed by atoms with Crippen LogP contribution >= 0.6 is 27.5 Å². The van der Waals surface area contributed by atoms with E-state index in [-0.39, 0.29) is 34.3 Å². The van der Waals surface area contributed by atoms with Crippen LogP contribution in [0.5, 0.6) is 5.75 Å². The number of carbonyl (C=O) groups is 1. The number of hydrogen-bond donors (Lipinski definition) is 2. The van der Waals surface area contributed by atoms with E-state index < -0.39 is 12.1 Å².